The molecule has 2 saturated heterocycles. The van der Waals surface area contributed by atoms with Gasteiger partial charge >= 0.3 is 0 Å². The smallest absolute Gasteiger partial charge is 0.191 e. The van der Waals surface area contributed by atoms with Crippen molar-refractivity contribution in [3.63, 3.8) is 0 Å². The van der Waals surface area contributed by atoms with Gasteiger partial charge in [-0.2, -0.15) is 0 Å². The highest BCUT2D eigenvalue weighted by atomic mass is 16.5. The molecular formula is C23H39N5O2. The number of aliphatic imine (C=N–C) groups is 1. The highest BCUT2D eigenvalue weighted by Crippen LogP contribution is 2.31. The number of nitrogens with one attached hydrogen (secondary N) is 2. The third kappa shape index (κ3) is 6.09. The molecule has 168 valence electrons. The molecule has 7 nitrogen and oxygen atoms in total. The molecule has 2 atom stereocenters. The Morgan fingerprint density at radius 1 is 1.13 bits per heavy atom. The molecule has 2 aliphatic heterocycles. The topological polar surface area (TPSA) is 61.4 Å². The molecule has 1 aromatic carbocycles. The molecule has 0 aromatic heterocycles. The first-order chi connectivity index (χ1) is 14.8. The second kappa shape index (κ2) is 12.1. The van der Waals surface area contributed by atoms with Crippen molar-refractivity contribution in [2.24, 2.45) is 4.99 Å². The Morgan fingerprint density at radius 2 is 1.93 bits per heavy atom. The van der Waals surface area contributed by atoms with Crippen LogP contribution in [0.3, 0.4) is 0 Å². The van der Waals surface area contributed by atoms with Gasteiger partial charge in [-0.1, -0.05) is 18.2 Å². The van der Waals surface area contributed by atoms with Crippen molar-refractivity contribution < 1.29 is 9.47 Å². The van der Waals surface area contributed by atoms with Crippen molar-refractivity contribution >= 4 is 5.96 Å². The average Bonchev–Trinajstić information content (AvgIpc) is 3.47. The van der Waals surface area contributed by atoms with Crippen LogP contribution >= 0.6 is 0 Å². The molecular weight excluding hydrogens is 378 g/mol. The van der Waals surface area contributed by atoms with Crippen molar-refractivity contribution in [3.05, 3.63) is 29.8 Å². The molecule has 2 N–H and O–H groups in total. The van der Waals surface area contributed by atoms with Gasteiger partial charge < -0.3 is 20.1 Å². The standard InChI is InChI=1S/C23H39N5O2/c1-24-23(25-17-19-9-8-14-27(19)15-16-29-2)26-18-21(28-12-6-7-13-28)20-10-4-5-11-22(20)30-3/h4-5,10-11,19,21H,6-9,12-18H2,1-3H3,(H2,24,25,26). The Labute approximate surface area is 181 Å². The van der Waals surface area contributed by atoms with Crippen LogP contribution in [-0.2, 0) is 4.74 Å². The van der Waals surface area contributed by atoms with Crippen LogP contribution in [0.5, 0.6) is 5.75 Å². The Bertz CT molecular complexity index is 663. The molecule has 2 fully saturated rings. The van der Waals surface area contributed by atoms with Gasteiger partial charge in [-0.05, 0) is 51.4 Å². The normalized spacial score (nSPS) is 21.7. The van der Waals surface area contributed by atoms with Gasteiger partial charge in [0.05, 0.1) is 19.8 Å². The fourth-order valence-electron chi connectivity index (χ4n) is 4.69. The summed E-state index contributed by atoms with van der Waals surface area (Å²) in [4.78, 5) is 9.55. The molecule has 2 unspecified atom stereocenters. The van der Waals surface area contributed by atoms with E-state index in [2.05, 4.69) is 43.6 Å². The molecule has 2 aliphatic rings. The molecule has 30 heavy (non-hydrogen) atoms. The van der Waals surface area contributed by atoms with E-state index in [1.165, 1.54) is 31.2 Å². The first-order valence-corrected chi connectivity index (χ1v) is 11.3. The molecule has 0 bridgehead atoms. The van der Waals surface area contributed by atoms with E-state index in [0.29, 0.717) is 6.04 Å². The molecule has 0 radical (unpaired) electrons. The van der Waals surface area contributed by atoms with Crippen molar-refractivity contribution in [2.75, 3.05) is 67.1 Å². The van der Waals surface area contributed by atoms with Crippen LogP contribution in [0.25, 0.3) is 0 Å². The van der Waals surface area contributed by atoms with Crippen molar-refractivity contribution in [1.29, 1.82) is 0 Å². The van der Waals surface area contributed by atoms with Gasteiger partial charge in [-0.3, -0.25) is 14.8 Å². The summed E-state index contributed by atoms with van der Waals surface area (Å²) in [6.07, 6.45) is 5.01. The fourth-order valence-corrected chi connectivity index (χ4v) is 4.69. The summed E-state index contributed by atoms with van der Waals surface area (Å²) in [5.74, 6) is 1.83. The highest BCUT2D eigenvalue weighted by molar-refractivity contribution is 5.79. The second-order valence-electron chi connectivity index (χ2n) is 8.16. The number of ether oxygens (including phenoxy) is 2. The summed E-state index contributed by atoms with van der Waals surface area (Å²) >= 11 is 0. The Morgan fingerprint density at radius 3 is 2.67 bits per heavy atom. The molecule has 3 rings (SSSR count). The SMILES string of the molecule is CN=C(NCC1CCCN1CCOC)NCC(c1ccccc1OC)N1CCCC1. The van der Waals surface area contributed by atoms with Crippen LogP contribution in [0.2, 0.25) is 0 Å². The number of rotatable bonds is 10. The average molecular weight is 418 g/mol. The first-order valence-electron chi connectivity index (χ1n) is 11.3. The maximum absolute atomic E-state index is 5.66. The van der Waals surface area contributed by atoms with E-state index >= 15 is 0 Å². The van der Waals surface area contributed by atoms with Crippen LogP contribution in [0.4, 0.5) is 0 Å². The van der Waals surface area contributed by atoms with Gasteiger partial charge in [0.1, 0.15) is 5.75 Å². The minimum Gasteiger partial charge on any atom is -0.496 e. The number of hydrogen-bond donors (Lipinski definition) is 2. The first kappa shape index (κ1) is 22.8. The zero-order valence-electron chi connectivity index (χ0n) is 18.9. The summed E-state index contributed by atoms with van der Waals surface area (Å²) in [5.41, 5.74) is 1.24. The Hall–Kier alpha value is -1.83. The van der Waals surface area contributed by atoms with E-state index in [4.69, 9.17) is 9.47 Å². The van der Waals surface area contributed by atoms with Gasteiger partial charge in [-0.25, -0.2) is 0 Å². The number of guanidine groups is 1. The van der Waals surface area contributed by atoms with Crippen LogP contribution in [0, 0.1) is 0 Å². The molecule has 0 spiro atoms. The Balaban J connectivity index is 1.58. The van der Waals surface area contributed by atoms with E-state index in [-0.39, 0.29) is 6.04 Å². The van der Waals surface area contributed by atoms with Crippen LogP contribution < -0.4 is 15.4 Å². The molecule has 1 aromatic rings. The second-order valence-corrected chi connectivity index (χ2v) is 8.16. The molecule has 0 saturated carbocycles. The summed E-state index contributed by atoms with van der Waals surface area (Å²) in [6, 6.07) is 9.19. The van der Waals surface area contributed by atoms with E-state index in [1.54, 1.807) is 14.2 Å². The third-order valence-corrected chi connectivity index (χ3v) is 6.35. The lowest BCUT2D eigenvalue weighted by atomic mass is 10.0. The number of benzene rings is 1. The summed E-state index contributed by atoms with van der Waals surface area (Å²) in [7, 11) is 5.37. The van der Waals surface area contributed by atoms with Crippen molar-refractivity contribution in [2.45, 2.75) is 37.8 Å². The van der Waals surface area contributed by atoms with Gasteiger partial charge in [0.25, 0.3) is 0 Å². The number of nitrogens with zero attached hydrogens (tertiary/aromatic N) is 3. The van der Waals surface area contributed by atoms with Crippen molar-refractivity contribution in [1.82, 2.24) is 20.4 Å². The summed E-state index contributed by atoms with van der Waals surface area (Å²) in [5, 5.41) is 7.13. The van der Waals surface area contributed by atoms with Gasteiger partial charge in [0.2, 0.25) is 0 Å². The number of likely N-dealkylation sites (tertiary alicyclic amines) is 2. The predicted molar refractivity (Wildman–Crippen MR) is 122 cm³/mol. The number of methoxy groups -OCH3 is 2. The zero-order chi connectivity index (χ0) is 21.2. The maximum atomic E-state index is 5.66. The molecule has 0 amide bonds. The van der Waals surface area contributed by atoms with Gasteiger partial charge in [0.15, 0.2) is 5.96 Å². The molecule has 7 heteroatoms. The Kier molecular flexibility index (Phi) is 9.24. The minimum atomic E-state index is 0.270. The van der Waals surface area contributed by atoms with E-state index in [9.17, 15) is 0 Å². The van der Waals surface area contributed by atoms with E-state index < -0.39 is 0 Å². The largest absolute Gasteiger partial charge is 0.496 e. The lowest BCUT2D eigenvalue weighted by Gasteiger charge is -2.30. The number of hydrogen-bond acceptors (Lipinski definition) is 5. The zero-order valence-corrected chi connectivity index (χ0v) is 18.9. The van der Waals surface area contributed by atoms with Gasteiger partial charge in [0, 0.05) is 45.4 Å². The maximum Gasteiger partial charge on any atom is 0.191 e. The summed E-state index contributed by atoms with van der Waals surface area (Å²) < 4.78 is 10.9. The lowest BCUT2D eigenvalue weighted by Crippen LogP contribution is -2.47. The van der Waals surface area contributed by atoms with Gasteiger partial charge in [-0.15, -0.1) is 0 Å². The van der Waals surface area contributed by atoms with E-state index in [0.717, 1.165) is 57.6 Å². The lowest BCUT2D eigenvalue weighted by molar-refractivity contribution is 0.141. The van der Waals surface area contributed by atoms with Crippen LogP contribution in [0.1, 0.15) is 37.3 Å². The molecule has 0 aliphatic carbocycles. The quantitative estimate of drug-likeness (QED) is 0.449. The summed E-state index contributed by atoms with van der Waals surface area (Å²) in [6.45, 7) is 6.93. The fraction of sp³-hybridized carbons (Fsp3) is 0.696. The third-order valence-electron chi connectivity index (χ3n) is 6.35. The predicted octanol–water partition coefficient (Wildman–Crippen LogP) is 2.11. The molecule has 2 heterocycles. The van der Waals surface area contributed by atoms with Crippen LogP contribution in [-0.4, -0.2) is 88.9 Å². The van der Waals surface area contributed by atoms with E-state index in [1.807, 2.05) is 13.1 Å². The monoisotopic (exact) mass is 417 g/mol. The van der Waals surface area contributed by atoms with Crippen LogP contribution in [0.15, 0.2) is 29.3 Å². The number of para-hydroxylation sites is 1. The van der Waals surface area contributed by atoms with Crippen molar-refractivity contribution in [3.8, 4) is 5.75 Å². The minimum absolute atomic E-state index is 0.270. The highest BCUT2D eigenvalue weighted by Gasteiger charge is 2.27.